The van der Waals surface area contributed by atoms with Gasteiger partial charge in [0.25, 0.3) is 5.91 Å². The smallest absolute Gasteiger partial charge is 0.251 e. The SMILES string of the molecule is CCCCNC(=O)c1cc(N)n2nc(-c3cccnc3)nc2c1. The highest BCUT2D eigenvalue weighted by Gasteiger charge is 2.13. The van der Waals surface area contributed by atoms with Crippen LogP contribution in [0.4, 0.5) is 5.82 Å². The van der Waals surface area contributed by atoms with Gasteiger partial charge >= 0.3 is 0 Å². The lowest BCUT2D eigenvalue weighted by Crippen LogP contribution is -2.24. The number of rotatable bonds is 5. The summed E-state index contributed by atoms with van der Waals surface area (Å²) in [5, 5.41) is 7.24. The van der Waals surface area contributed by atoms with Crippen molar-refractivity contribution >= 4 is 17.4 Å². The van der Waals surface area contributed by atoms with Crippen LogP contribution in [-0.2, 0) is 0 Å². The molecule has 3 heterocycles. The van der Waals surface area contributed by atoms with Gasteiger partial charge < -0.3 is 11.1 Å². The third-order valence-corrected chi connectivity index (χ3v) is 3.46. The number of aromatic nitrogens is 4. The van der Waals surface area contributed by atoms with Gasteiger partial charge in [0.2, 0.25) is 0 Å². The van der Waals surface area contributed by atoms with E-state index in [2.05, 4.69) is 27.3 Å². The second kappa shape index (κ2) is 6.43. The Morgan fingerprint density at radius 1 is 1.39 bits per heavy atom. The summed E-state index contributed by atoms with van der Waals surface area (Å²) in [7, 11) is 0. The standard InChI is InChI=1S/C16H18N6O/c1-2-3-7-19-16(23)12-8-13(17)22-14(9-12)20-15(21-22)11-5-4-6-18-10-11/h4-6,8-10H,2-3,7,17H2,1H3,(H,19,23). The monoisotopic (exact) mass is 310 g/mol. The van der Waals surface area contributed by atoms with Crippen LogP contribution in [0.1, 0.15) is 30.1 Å². The van der Waals surface area contributed by atoms with E-state index in [0.29, 0.717) is 29.4 Å². The van der Waals surface area contributed by atoms with Gasteiger partial charge in [0.15, 0.2) is 11.5 Å². The maximum absolute atomic E-state index is 12.2. The first-order valence-electron chi connectivity index (χ1n) is 7.54. The van der Waals surface area contributed by atoms with Crippen LogP contribution < -0.4 is 11.1 Å². The number of amides is 1. The number of anilines is 1. The largest absolute Gasteiger partial charge is 0.384 e. The Kier molecular flexibility index (Phi) is 4.18. The van der Waals surface area contributed by atoms with E-state index in [1.54, 1.807) is 24.5 Å². The predicted molar refractivity (Wildman–Crippen MR) is 87.9 cm³/mol. The topological polar surface area (TPSA) is 98.2 Å². The third kappa shape index (κ3) is 3.13. The van der Waals surface area contributed by atoms with Gasteiger partial charge in [-0.15, -0.1) is 5.10 Å². The van der Waals surface area contributed by atoms with Crippen molar-refractivity contribution in [2.45, 2.75) is 19.8 Å². The van der Waals surface area contributed by atoms with E-state index < -0.39 is 0 Å². The molecule has 0 aromatic carbocycles. The fraction of sp³-hybridized carbons (Fsp3) is 0.250. The Labute approximate surface area is 133 Å². The third-order valence-electron chi connectivity index (χ3n) is 3.46. The summed E-state index contributed by atoms with van der Waals surface area (Å²) in [5.74, 6) is 0.734. The molecular formula is C16H18N6O. The highest BCUT2D eigenvalue weighted by Crippen LogP contribution is 2.18. The first-order chi connectivity index (χ1) is 11.2. The zero-order valence-corrected chi connectivity index (χ0v) is 12.9. The summed E-state index contributed by atoms with van der Waals surface area (Å²) in [6.07, 6.45) is 5.34. The number of carbonyl (C=O) groups excluding carboxylic acids is 1. The number of unbranched alkanes of at least 4 members (excludes halogenated alkanes) is 1. The predicted octanol–water partition coefficient (Wildman–Crippen LogP) is 1.90. The summed E-state index contributed by atoms with van der Waals surface area (Å²) in [5.41, 5.74) is 7.82. The van der Waals surface area contributed by atoms with Crippen LogP contribution >= 0.6 is 0 Å². The number of pyridine rings is 2. The van der Waals surface area contributed by atoms with E-state index in [-0.39, 0.29) is 5.91 Å². The molecule has 0 unspecified atom stereocenters. The summed E-state index contributed by atoms with van der Waals surface area (Å²) in [6, 6.07) is 6.98. The number of fused-ring (bicyclic) bond motifs is 1. The zero-order valence-electron chi connectivity index (χ0n) is 12.9. The van der Waals surface area contributed by atoms with Crippen molar-refractivity contribution in [2.75, 3.05) is 12.3 Å². The summed E-state index contributed by atoms with van der Waals surface area (Å²) >= 11 is 0. The van der Waals surface area contributed by atoms with Crippen LogP contribution in [0, 0.1) is 0 Å². The number of nitrogens with two attached hydrogens (primary N) is 1. The molecular weight excluding hydrogens is 292 g/mol. The Morgan fingerprint density at radius 3 is 3.00 bits per heavy atom. The quantitative estimate of drug-likeness (QED) is 0.701. The lowest BCUT2D eigenvalue weighted by molar-refractivity contribution is 0.0953. The van der Waals surface area contributed by atoms with Crippen LogP contribution in [0.15, 0.2) is 36.7 Å². The fourth-order valence-electron chi connectivity index (χ4n) is 2.24. The number of hydrogen-bond donors (Lipinski definition) is 2. The molecule has 1 amide bonds. The van der Waals surface area contributed by atoms with E-state index in [1.165, 1.54) is 4.52 Å². The molecule has 0 fully saturated rings. The zero-order chi connectivity index (χ0) is 16.2. The fourth-order valence-corrected chi connectivity index (χ4v) is 2.24. The number of nitrogen functional groups attached to an aromatic ring is 1. The molecule has 23 heavy (non-hydrogen) atoms. The van der Waals surface area contributed by atoms with E-state index in [9.17, 15) is 4.79 Å². The van der Waals surface area contributed by atoms with Gasteiger partial charge in [-0.3, -0.25) is 9.78 Å². The van der Waals surface area contributed by atoms with Gasteiger partial charge in [0.05, 0.1) is 0 Å². The summed E-state index contributed by atoms with van der Waals surface area (Å²) < 4.78 is 1.52. The van der Waals surface area contributed by atoms with E-state index >= 15 is 0 Å². The molecule has 0 aliphatic carbocycles. The average Bonchev–Trinajstić information content (AvgIpc) is 3.00. The molecule has 0 radical (unpaired) electrons. The lowest BCUT2D eigenvalue weighted by atomic mass is 10.2. The second-order valence-electron chi connectivity index (χ2n) is 5.23. The van der Waals surface area contributed by atoms with Crippen molar-refractivity contribution in [1.82, 2.24) is 24.9 Å². The van der Waals surface area contributed by atoms with Crippen LogP contribution in [0.3, 0.4) is 0 Å². The molecule has 0 saturated carbocycles. The van der Waals surface area contributed by atoms with Gasteiger partial charge in [0, 0.05) is 30.1 Å². The van der Waals surface area contributed by atoms with E-state index in [1.807, 2.05) is 12.1 Å². The molecule has 7 nitrogen and oxygen atoms in total. The second-order valence-corrected chi connectivity index (χ2v) is 5.23. The van der Waals surface area contributed by atoms with Gasteiger partial charge in [-0.2, -0.15) is 4.52 Å². The van der Waals surface area contributed by atoms with Crippen molar-refractivity contribution in [3.8, 4) is 11.4 Å². The number of nitrogens with zero attached hydrogens (tertiary/aromatic N) is 4. The molecule has 0 atom stereocenters. The van der Waals surface area contributed by atoms with Crippen LogP contribution in [0.2, 0.25) is 0 Å². The molecule has 118 valence electrons. The normalized spacial score (nSPS) is 10.8. The Bertz CT molecular complexity index is 827. The molecule has 3 rings (SSSR count). The lowest BCUT2D eigenvalue weighted by Gasteiger charge is -2.05. The van der Waals surface area contributed by atoms with Crippen molar-refractivity contribution in [1.29, 1.82) is 0 Å². The first kappa shape index (κ1) is 15.0. The molecule has 7 heteroatoms. The highest BCUT2D eigenvalue weighted by atomic mass is 16.1. The Balaban J connectivity index is 1.93. The molecule has 0 saturated heterocycles. The Hall–Kier alpha value is -2.96. The number of carbonyl (C=O) groups is 1. The maximum atomic E-state index is 12.2. The van der Waals surface area contributed by atoms with Crippen LogP contribution in [0.25, 0.3) is 17.0 Å². The molecule has 3 N–H and O–H groups in total. The molecule has 0 aliphatic rings. The average molecular weight is 310 g/mol. The van der Waals surface area contributed by atoms with E-state index in [0.717, 1.165) is 18.4 Å². The number of nitrogens with one attached hydrogen (secondary N) is 1. The van der Waals surface area contributed by atoms with Crippen LogP contribution in [-0.4, -0.2) is 32.0 Å². The first-order valence-corrected chi connectivity index (χ1v) is 7.54. The van der Waals surface area contributed by atoms with Crippen molar-refractivity contribution < 1.29 is 4.79 Å². The minimum atomic E-state index is -0.154. The van der Waals surface area contributed by atoms with Gasteiger partial charge in [-0.1, -0.05) is 13.3 Å². The maximum Gasteiger partial charge on any atom is 0.251 e. The molecule has 0 spiro atoms. The molecule has 3 aromatic rings. The van der Waals surface area contributed by atoms with E-state index in [4.69, 9.17) is 5.73 Å². The van der Waals surface area contributed by atoms with Crippen molar-refractivity contribution in [3.05, 3.63) is 42.2 Å². The highest BCUT2D eigenvalue weighted by molar-refractivity contribution is 5.95. The molecule has 3 aromatic heterocycles. The van der Waals surface area contributed by atoms with Crippen LogP contribution in [0.5, 0.6) is 0 Å². The Morgan fingerprint density at radius 2 is 2.26 bits per heavy atom. The minimum Gasteiger partial charge on any atom is -0.384 e. The number of hydrogen-bond acceptors (Lipinski definition) is 5. The molecule has 0 bridgehead atoms. The van der Waals surface area contributed by atoms with Gasteiger partial charge in [-0.25, -0.2) is 4.98 Å². The van der Waals surface area contributed by atoms with Crippen molar-refractivity contribution in [2.24, 2.45) is 0 Å². The van der Waals surface area contributed by atoms with Gasteiger partial charge in [0.1, 0.15) is 5.82 Å². The van der Waals surface area contributed by atoms with Gasteiger partial charge in [-0.05, 0) is 30.7 Å². The minimum absolute atomic E-state index is 0.154. The van der Waals surface area contributed by atoms with Crippen molar-refractivity contribution in [3.63, 3.8) is 0 Å². The molecule has 0 aliphatic heterocycles. The summed E-state index contributed by atoms with van der Waals surface area (Å²) in [6.45, 7) is 2.72. The summed E-state index contributed by atoms with van der Waals surface area (Å²) in [4.78, 5) is 20.6.